The molecule has 1 aliphatic rings. The third-order valence-electron chi connectivity index (χ3n) is 5.23. The molecule has 1 aromatic rings. The van der Waals surface area contributed by atoms with Gasteiger partial charge in [-0.1, -0.05) is 26.0 Å². The summed E-state index contributed by atoms with van der Waals surface area (Å²) >= 11 is 0. The zero-order valence-corrected chi connectivity index (χ0v) is 16.0. The van der Waals surface area contributed by atoms with Crippen LogP contribution < -0.4 is 10.0 Å². The number of quaternary nitrogens is 1. The Morgan fingerprint density at radius 3 is 2.24 bits per heavy atom. The maximum atomic E-state index is 12.8. The lowest BCUT2D eigenvalue weighted by atomic mass is 9.99. The van der Waals surface area contributed by atoms with E-state index in [0.717, 1.165) is 16.9 Å². The SMILES string of the molecule is CC[C@H](C)c1ccc(S(=O)(=O)N2CC[NH+]([C@@H](C)CC(=O)[O-])CC2)cc1. The minimum atomic E-state index is -3.49. The van der Waals surface area contributed by atoms with E-state index >= 15 is 0 Å². The number of carbonyl (C=O) groups is 1. The summed E-state index contributed by atoms with van der Waals surface area (Å²) in [5.74, 6) is -0.648. The predicted octanol–water partition coefficient (Wildman–Crippen LogP) is -0.382. The molecule has 25 heavy (non-hydrogen) atoms. The summed E-state index contributed by atoms with van der Waals surface area (Å²) in [5.41, 5.74) is 1.15. The van der Waals surface area contributed by atoms with E-state index in [1.165, 1.54) is 4.31 Å². The van der Waals surface area contributed by atoms with Crippen LogP contribution in [0.3, 0.4) is 0 Å². The Bertz CT molecular complexity index is 680. The molecule has 0 aromatic heterocycles. The van der Waals surface area contributed by atoms with Gasteiger partial charge in [0.05, 0.1) is 37.1 Å². The number of aliphatic carboxylic acids is 1. The Hall–Kier alpha value is -1.44. The number of benzene rings is 1. The number of carboxylic acids is 1. The van der Waals surface area contributed by atoms with Crippen molar-refractivity contribution < 1.29 is 23.2 Å². The van der Waals surface area contributed by atoms with E-state index in [9.17, 15) is 18.3 Å². The molecule has 0 amide bonds. The lowest BCUT2D eigenvalue weighted by Crippen LogP contribution is -3.18. The van der Waals surface area contributed by atoms with Crippen LogP contribution in [-0.2, 0) is 14.8 Å². The average molecular weight is 368 g/mol. The average Bonchev–Trinajstić information content (AvgIpc) is 2.60. The first-order valence-electron chi connectivity index (χ1n) is 8.90. The molecular weight excluding hydrogens is 340 g/mol. The Labute approximate surface area is 150 Å². The second-order valence-electron chi connectivity index (χ2n) is 6.92. The second-order valence-corrected chi connectivity index (χ2v) is 8.86. The molecule has 0 aliphatic carbocycles. The number of nitrogens with zero attached hydrogens (tertiary/aromatic N) is 1. The Morgan fingerprint density at radius 1 is 1.20 bits per heavy atom. The van der Waals surface area contributed by atoms with Crippen molar-refractivity contribution in [3.63, 3.8) is 0 Å². The zero-order chi connectivity index (χ0) is 18.6. The van der Waals surface area contributed by atoms with E-state index in [1.807, 2.05) is 19.1 Å². The van der Waals surface area contributed by atoms with Crippen LogP contribution in [0, 0.1) is 0 Å². The standard InChI is InChI=1S/C18H28N2O4S/c1-4-14(2)16-5-7-17(8-6-16)25(23,24)20-11-9-19(10-12-20)15(3)13-18(21)22/h5-8,14-15H,4,9-13H2,1-3H3,(H,21,22)/t14-,15-/m0/s1. The third kappa shape index (κ3) is 4.80. The number of nitrogens with one attached hydrogen (secondary N) is 1. The summed E-state index contributed by atoms with van der Waals surface area (Å²) in [6.07, 6.45) is 1.01. The third-order valence-corrected chi connectivity index (χ3v) is 7.15. The van der Waals surface area contributed by atoms with Gasteiger partial charge < -0.3 is 14.8 Å². The van der Waals surface area contributed by atoms with Gasteiger partial charge in [-0.25, -0.2) is 8.42 Å². The quantitative estimate of drug-likeness (QED) is 0.711. The zero-order valence-electron chi connectivity index (χ0n) is 15.2. The van der Waals surface area contributed by atoms with E-state index in [1.54, 1.807) is 12.1 Å². The highest BCUT2D eigenvalue weighted by Crippen LogP contribution is 2.22. The van der Waals surface area contributed by atoms with Crippen molar-refractivity contribution >= 4 is 16.0 Å². The van der Waals surface area contributed by atoms with Crippen molar-refractivity contribution in [1.82, 2.24) is 4.31 Å². The molecule has 0 saturated carbocycles. The largest absolute Gasteiger partial charge is 0.550 e. The van der Waals surface area contributed by atoms with Crippen molar-refractivity contribution in [3.8, 4) is 0 Å². The number of hydrogen-bond acceptors (Lipinski definition) is 4. The van der Waals surface area contributed by atoms with Gasteiger partial charge in [0.2, 0.25) is 10.0 Å². The van der Waals surface area contributed by atoms with Crippen molar-refractivity contribution in [2.24, 2.45) is 0 Å². The van der Waals surface area contributed by atoms with E-state index in [2.05, 4.69) is 13.8 Å². The van der Waals surface area contributed by atoms with Crippen molar-refractivity contribution in [2.45, 2.75) is 50.5 Å². The van der Waals surface area contributed by atoms with Gasteiger partial charge in [-0.2, -0.15) is 4.31 Å². The van der Waals surface area contributed by atoms with Crippen LogP contribution in [0.5, 0.6) is 0 Å². The molecule has 0 bridgehead atoms. The number of carbonyl (C=O) groups excluding carboxylic acids is 1. The maximum Gasteiger partial charge on any atom is 0.243 e. The van der Waals surface area contributed by atoms with Crippen molar-refractivity contribution in [1.29, 1.82) is 0 Å². The first-order chi connectivity index (χ1) is 11.8. The van der Waals surface area contributed by atoms with Crippen molar-refractivity contribution in [2.75, 3.05) is 26.2 Å². The van der Waals surface area contributed by atoms with Crippen LogP contribution in [0.4, 0.5) is 0 Å². The fourth-order valence-electron chi connectivity index (χ4n) is 3.25. The van der Waals surface area contributed by atoms with Crippen LogP contribution in [0.25, 0.3) is 0 Å². The highest BCUT2D eigenvalue weighted by Gasteiger charge is 2.32. The van der Waals surface area contributed by atoms with Crippen LogP contribution in [0.15, 0.2) is 29.2 Å². The minimum Gasteiger partial charge on any atom is -0.550 e. The molecule has 1 heterocycles. The number of carboxylic acid groups (broad SMARTS) is 1. The first kappa shape index (κ1) is 19.9. The van der Waals surface area contributed by atoms with Crippen LogP contribution >= 0.6 is 0 Å². The van der Waals surface area contributed by atoms with Gasteiger partial charge in [0, 0.05) is 12.4 Å². The van der Waals surface area contributed by atoms with E-state index in [0.29, 0.717) is 37.0 Å². The molecule has 1 aromatic carbocycles. The summed E-state index contributed by atoms with van der Waals surface area (Å²) in [4.78, 5) is 12.2. The molecule has 0 unspecified atom stereocenters. The summed E-state index contributed by atoms with van der Waals surface area (Å²) < 4.78 is 27.1. The monoisotopic (exact) mass is 368 g/mol. The topological polar surface area (TPSA) is 82.0 Å². The van der Waals surface area contributed by atoms with Gasteiger partial charge in [-0.05, 0) is 37.0 Å². The molecule has 2 rings (SSSR count). The highest BCUT2D eigenvalue weighted by molar-refractivity contribution is 7.89. The lowest BCUT2D eigenvalue weighted by molar-refractivity contribution is -0.926. The number of hydrogen-bond donors (Lipinski definition) is 1. The van der Waals surface area contributed by atoms with Gasteiger partial charge >= 0.3 is 0 Å². The molecule has 1 fully saturated rings. The fraction of sp³-hybridized carbons (Fsp3) is 0.611. The highest BCUT2D eigenvalue weighted by atomic mass is 32.2. The van der Waals surface area contributed by atoms with Crippen molar-refractivity contribution in [3.05, 3.63) is 29.8 Å². The summed E-state index contributed by atoms with van der Waals surface area (Å²) in [5, 5.41) is 10.7. The molecule has 6 nitrogen and oxygen atoms in total. The van der Waals surface area contributed by atoms with Gasteiger partial charge in [-0.15, -0.1) is 0 Å². The smallest absolute Gasteiger partial charge is 0.243 e. The van der Waals surface area contributed by atoms with E-state index < -0.39 is 16.0 Å². The molecule has 1 aliphatic heterocycles. The fourth-order valence-corrected chi connectivity index (χ4v) is 4.70. The number of sulfonamides is 1. The molecule has 1 N–H and O–H groups in total. The molecule has 2 atom stereocenters. The van der Waals surface area contributed by atoms with Crippen LogP contribution in [0.1, 0.15) is 45.1 Å². The molecule has 1 saturated heterocycles. The van der Waals surface area contributed by atoms with Gasteiger partial charge in [0.15, 0.2) is 0 Å². The van der Waals surface area contributed by atoms with Gasteiger partial charge in [-0.3, -0.25) is 0 Å². The minimum absolute atomic E-state index is 0.000835. The lowest BCUT2D eigenvalue weighted by Gasteiger charge is -2.35. The maximum absolute atomic E-state index is 12.8. The normalized spacial score (nSPS) is 19.5. The summed E-state index contributed by atoms with van der Waals surface area (Å²) in [6, 6.07) is 7.10. The number of rotatable bonds is 7. The Morgan fingerprint density at radius 2 is 1.76 bits per heavy atom. The molecule has 0 spiro atoms. The Kier molecular flexibility index (Phi) is 6.59. The first-order valence-corrected chi connectivity index (χ1v) is 10.3. The van der Waals surface area contributed by atoms with E-state index in [4.69, 9.17) is 0 Å². The summed E-state index contributed by atoms with van der Waals surface area (Å²) in [6.45, 7) is 8.13. The molecular formula is C18H28N2O4S. The second kappa shape index (κ2) is 8.29. The van der Waals surface area contributed by atoms with Gasteiger partial charge in [0.1, 0.15) is 0 Å². The molecule has 0 radical (unpaired) electrons. The van der Waals surface area contributed by atoms with Gasteiger partial charge in [0.25, 0.3) is 0 Å². The molecule has 7 heteroatoms. The Balaban J connectivity index is 2.03. The van der Waals surface area contributed by atoms with Crippen LogP contribution in [-0.4, -0.2) is 50.9 Å². The molecule has 140 valence electrons. The number of piperazine rings is 1. The predicted molar refractivity (Wildman–Crippen MR) is 93.7 cm³/mol. The summed E-state index contributed by atoms with van der Waals surface area (Å²) in [7, 11) is -3.49. The van der Waals surface area contributed by atoms with E-state index in [-0.39, 0.29) is 12.5 Å². The van der Waals surface area contributed by atoms with Crippen LogP contribution in [0.2, 0.25) is 0 Å².